The molecule has 0 aliphatic rings. The van der Waals surface area contributed by atoms with E-state index < -0.39 is 10.9 Å². The van der Waals surface area contributed by atoms with Crippen LogP contribution in [0.2, 0.25) is 0 Å². The Labute approximate surface area is 155 Å². The molecule has 0 saturated carbocycles. The highest BCUT2D eigenvalue weighted by Gasteiger charge is 2.26. The minimum absolute atomic E-state index is 0.107. The zero-order valence-electron chi connectivity index (χ0n) is 15.3. The second kappa shape index (κ2) is 7.69. The highest BCUT2D eigenvalue weighted by atomic mass is 32.1. The van der Waals surface area contributed by atoms with Crippen molar-refractivity contribution < 1.29 is 19.2 Å². The van der Waals surface area contributed by atoms with E-state index >= 15 is 0 Å². The van der Waals surface area contributed by atoms with Gasteiger partial charge in [0.25, 0.3) is 0 Å². The van der Waals surface area contributed by atoms with Crippen molar-refractivity contribution in [2.75, 3.05) is 19.0 Å². The summed E-state index contributed by atoms with van der Waals surface area (Å²) in [7, 11) is 1.37. The van der Waals surface area contributed by atoms with E-state index in [0.717, 1.165) is 5.56 Å². The standard InChI is InChI=1S/C17H21N3O5S/c1-6-25-15(21)12-9-26-16(19-12)18-11-7-10(17(2,3)4)8-13(20(22)23)14(11)24-5/h7-9H,6H2,1-5H3,(H,18,19). The summed E-state index contributed by atoms with van der Waals surface area (Å²) in [5, 5.41) is 16.4. The number of anilines is 2. The number of rotatable bonds is 6. The quantitative estimate of drug-likeness (QED) is 0.454. The first-order chi connectivity index (χ1) is 12.2. The van der Waals surface area contributed by atoms with Gasteiger partial charge in [0.05, 0.1) is 24.3 Å². The van der Waals surface area contributed by atoms with E-state index in [2.05, 4.69) is 10.3 Å². The average molecular weight is 379 g/mol. The summed E-state index contributed by atoms with van der Waals surface area (Å²) < 4.78 is 10.2. The van der Waals surface area contributed by atoms with Crippen molar-refractivity contribution in [3.8, 4) is 5.75 Å². The molecule has 0 aliphatic carbocycles. The summed E-state index contributed by atoms with van der Waals surface area (Å²) >= 11 is 1.20. The van der Waals surface area contributed by atoms with Crippen LogP contribution in [0.4, 0.5) is 16.5 Å². The number of thiazole rings is 1. The SMILES string of the molecule is CCOC(=O)c1csc(Nc2cc(C(C)(C)C)cc([N+](=O)[O-])c2OC)n1. The number of carbonyl (C=O) groups excluding carboxylic acids is 1. The number of nitrogens with zero attached hydrogens (tertiary/aromatic N) is 2. The Morgan fingerprint density at radius 3 is 2.62 bits per heavy atom. The minimum atomic E-state index is -0.516. The Kier molecular flexibility index (Phi) is 5.81. The van der Waals surface area contributed by atoms with E-state index in [1.807, 2.05) is 20.8 Å². The molecular formula is C17H21N3O5S. The number of carbonyl (C=O) groups is 1. The van der Waals surface area contributed by atoms with Crippen LogP contribution in [0.1, 0.15) is 43.7 Å². The van der Waals surface area contributed by atoms with Gasteiger partial charge in [-0.05, 0) is 24.0 Å². The van der Waals surface area contributed by atoms with E-state index in [4.69, 9.17) is 9.47 Å². The molecule has 0 radical (unpaired) electrons. The van der Waals surface area contributed by atoms with E-state index in [0.29, 0.717) is 10.8 Å². The monoisotopic (exact) mass is 379 g/mol. The van der Waals surface area contributed by atoms with E-state index in [1.54, 1.807) is 18.4 Å². The van der Waals surface area contributed by atoms with Crippen molar-refractivity contribution in [2.45, 2.75) is 33.1 Å². The summed E-state index contributed by atoms with van der Waals surface area (Å²) in [5.74, 6) is -0.408. The predicted octanol–water partition coefficient (Wildman–Crippen LogP) is 4.28. The van der Waals surface area contributed by atoms with E-state index in [1.165, 1.54) is 24.5 Å². The molecule has 1 N–H and O–H groups in total. The fraction of sp³-hybridized carbons (Fsp3) is 0.412. The van der Waals surface area contributed by atoms with Gasteiger partial charge in [-0.15, -0.1) is 11.3 Å². The van der Waals surface area contributed by atoms with Crippen molar-refractivity contribution in [3.63, 3.8) is 0 Å². The average Bonchev–Trinajstić information content (AvgIpc) is 3.02. The second-order valence-corrected chi connectivity index (χ2v) is 7.32. The van der Waals surface area contributed by atoms with Crippen LogP contribution in [0.25, 0.3) is 0 Å². The molecule has 1 heterocycles. The van der Waals surface area contributed by atoms with Crippen molar-refractivity contribution in [3.05, 3.63) is 38.9 Å². The Bertz CT molecular complexity index is 826. The van der Waals surface area contributed by atoms with Crippen molar-refractivity contribution in [2.24, 2.45) is 0 Å². The van der Waals surface area contributed by atoms with Gasteiger partial charge < -0.3 is 14.8 Å². The summed E-state index contributed by atoms with van der Waals surface area (Å²) in [6.45, 7) is 7.86. The summed E-state index contributed by atoms with van der Waals surface area (Å²) in [4.78, 5) is 26.9. The van der Waals surface area contributed by atoms with Crippen molar-refractivity contribution in [1.29, 1.82) is 0 Å². The normalized spacial score (nSPS) is 11.1. The number of hydrogen-bond donors (Lipinski definition) is 1. The zero-order valence-corrected chi connectivity index (χ0v) is 16.1. The third-order valence-electron chi connectivity index (χ3n) is 3.57. The fourth-order valence-electron chi connectivity index (χ4n) is 2.23. The Morgan fingerprint density at radius 1 is 1.38 bits per heavy atom. The molecule has 0 unspecified atom stereocenters. The molecule has 0 atom stereocenters. The number of methoxy groups -OCH3 is 1. The Balaban J connectivity index is 2.46. The topological polar surface area (TPSA) is 104 Å². The van der Waals surface area contributed by atoms with Crippen LogP contribution >= 0.6 is 11.3 Å². The second-order valence-electron chi connectivity index (χ2n) is 6.47. The number of nitro benzene ring substituents is 1. The van der Waals surface area contributed by atoms with Crippen molar-refractivity contribution in [1.82, 2.24) is 4.98 Å². The van der Waals surface area contributed by atoms with Crippen LogP contribution < -0.4 is 10.1 Å². The third-order valence-corrected chi connectivity index (χ3v) is 4.32. The first kappa shape index (κ1) is 19.6. The zero-order chi connectivity index (χ0) is 19.5. The lowest BCUT2D eigenvalue weighted by atomic mass is 9.86. The Morgan fingerprint density at radius 2 is 2.08 bits per heavy atom. The number of esters is 1. The molecule has 9 heteroatoms. The number of aromatic nitrogens is 1. The first-order valence-corrected chi connectivity index (χ1v) is 8.82. The Hall–Kier alpha value is -2.68. The highest BCUT2D eigenvalue weighted by molar-refractivity contribution is 7.14. The van der Waals surface area contributed by atoms with Crippen molar-refractivity contribution >= 4 is 33.8 Å². The molecule has 1 aromatic carbocycles. The van der Waals surface area contributed by atoms with E-state index in [9.17, 15) is 14.9 Å². The molecule has 2 rings (SSSR count). The van der Waals surface area contributed by atoms with Crippen LogP contribution in [-0.4, -0.2) is 29.6 Å². The van der Waals surface area contributed by atoms with Gasteiger partial charge in [0.1, 0.15) is 0 Å². The fourth-order valence-corrected chi connectivity index (χ4v) is 2.93. The molecule has 26 heavy (non-hydrogen) atoms. The van der Waals surface area contributed by atoms with Crippen LogP contribution in [0.3, 0.4) is 0 Å². The molecule has 0 fully saturated rings. The summed E-state index contributed by atoms with van der Waals surface area (Å²) in [5.41, 5.74) is 0.933. The van der Waals surface area contributed by atoms with Gasteiger partial charge in [0.2, 0.25) is 5.75 Å². The summed E-state index contributed by atoms with van der Waals surface area (Å²) in [6.07, 6.45) is 0. The van der Waals surface area contributed by atoms with Crippen LogP contribution in [0.15, 0.2) is 17.5 Å². The predicted molar refractivity (Wildman–Crippen MR) is 99.7 cm³/mol. The minimum Gasteiger partial charge on any atom is -0.489 e. The molecule has 0 bridgehead atoms. The summed E-state index contributed by atoms with van der Waals surface area (Å²) in [6, 6.07) is 3.30. The van der Waals surface area contributed by atoms with Gasteiger partial charge in [-0.2, -0.15) is 0 Å². The van der Waals surface area contributed by atoms with Gasteiger partial charge in [-0.1, -0.05) is 20.8 Å². The number of hydrogen-bond acceptors (Lipinski definition) is 8. The van der Waals surface area contributed by atoms with Gasteiger partial charge in [-0.3, -0.25) is 10.1 Å². The number of nitro groups is 1. The number of nitrogens with one attached hydrogen (secondary N) is 1. The number of ether oxygens (including phenoxy) is 2. The lowest BCUT2D eigenvalue weighted by Crippen LogP contribution is -2.13. The van der Waals surface area contributed by atoms with E-state index in [-0.39, 0.29) is 29.2 Å². The highest BCUT2D eigenvalue weighted by Crippen LogP contribution is 2.41. The lowest BCUT2D eigenvalue weighted by molar-refractivity contribution is -0.385. The maximum Gasteiger partial charge on any atom is 0.357 e. The molecule has 0 saturated heterocycles. The molecule has 0 spiro atoms. The molecule has 1 aromatic heterocycles. The smallest absolute Gasteiger partial charge is 0.357 e. The molecule has 8 nitrogen and oxygen atoms in total. The van der Waals surface area contributed by atoms with Gasteiger partial charge in [0, 0.05) is 11.4 Å². The maximum atomic E-state index is 11.7. The molecule has 140 valence electrons. The third kappa shape index (κ3) is 4.29. The molecule has 0 amide bonds. The van der Waals surface area contributed by atoms with Crippen LogP contribution in [0, 0.1) is 10.1 Å². The largest absolute Gasteiger partial charge is 0.489 e. The maximum absolute atomic E-state index is 11.7. The van der Waals surface area contributed by atoms with Crippen LogP contribution in [-0.2, 0) is 10.2 Å². The molecule has 0 aliphatic heterocycles. The molecule has 2 aromatic rings. The van der Waals surface area contributed by atoms with Crippen LogP contribution in [0.5, 0.6) is 5.75 Å². The number of benzene rings is 1. The van der Waals surface area contributed by atoms with Gasteiger partial charge in [-0.25, -0.2) is 9.78 Å². The first-order valence-electron chi connectivity index (χ1n) is 7.94. The molecular weight excluding hydrogens is 358 g/mol. The van der Waals surface area contributed by atoms with Gasteiger partial charge >= 0.3 is 11.7 Å². The van der Waals surface area contributed by atoms with Gasteiger partial charge in [0.15, 0.2) is 10.8 Å². The lowest BCUT2D eigenvalue weighted by Gasteiger charge is -2.21.